The Morgan fingerprint density at radius 3 is 2.82 bits per heavy atom. The summed E-state index contributed by atoms with van der Waals surface area (Å²) in [7, 11) is 1.86. The van der Waals surface area contributed by atoms with E-state index in [4.69, 9.17) is 16.3 Å². The van der Waals surface area contributed by atoms with Gasteiger partial charge in [-0.25, -0.2) is 0 Å². The van der Waals surface area contributed by atoms with E-state index >= 15 is 0 Å². The number of halogens is 2. The average molecular weight is 482 g/mol. The first-order chi connectivity index (χ1) is 13.5. The van der Waals surface area contributed by atoms with Crippen molar-refractivity contribution < 1.29 is 9.53 Å². The highest BCUT2D eigenvalue weighted by Crippen LogP contribution is 2.30. The Labute approximate surface area is 180 Å². The molecule has 3 rings (SSSR count). The van der Waals surface area contributed by atoms with E-state index in [1.807, 2.05) is 48.9 Å². The van der Waals surface area contributed by atoms with Crippen molar-refractivity contribution in [1.82, 2.24) is 14.8 Å². The van der Waals surface area contributed by atoms with Crippen LogP contribution in [0.4, 0.5) is 5.69 Å². The summed E-state index contributed by atoms with van der Waals surface area (Å²) in [5, 5.41) is 12.4. The predicted molar refractivity (Wildman–Crippen MR) is 116 cm³/mol. The third kappa shape index (κ3) is 4.87. The number of para-hydroxylation sites is 1. The van der Waals surface area contributed by atoms with Crippen molar-refractivity contribution >= 4 is 50.9 Å². The van der Waals surface area contributed by atoms with E-state index in [1.165, 1.54) is 11.8 Å². The number of nitrogens with zero attached hydrogens (tertiary/aromatic N) is 3. The van der Waals surface area contributed by atoms with Gasteiger partial charge in [0.25, 0.3) is 0 Å². The highest BCUT2D eigenvalue weighted by Gasteiger charge is 2.16. The largest absolute Gasteiger partial charge is 0.493 e. The molecule has 0 spiro atoms. The molecule has 6 nitrogen and oxygen atoms in total. The van der Waals surface area contributed by atoms with Crippen LogP contribution in [0.3, 0.4) is 0 Å². The van der Waals surface area contributed by atoms with Gasteiger partial charge < -0.3 is 14.6 Å². The van der Waals surface area contributed by atoms with Crippen LogP contribution in [0.1, 0.15) is 6.92 Å². The normalized spacial score (nSPS) is 10.7. The van der Waals surface area contributed by atoms with Gasteiger partial charge in [0, 0.05) is 11.5 Å². The van der Waals surface area contributed by atoms with Gasteiger partial charge in [-0.15, -0.1) is 10.2 Å². The Hall–Kier alpha value is -2.03. The van der Waals surface area contributed by atoms with Crippen molar-refractivity contribution in [2.45, 2.75) is 12.1 Å². The number of hydrogen-bond donors (Lipinski definition) is 1. The van der Waals surface area contributed by atoms with E-state index in [0.29, 0.717) is 28.3 Å². The molecule has 0 fully saturated rings. The van der Waals surface area contributed by atoms with Crippen LogP contribution in [0, 0.1) is 0 Å². The van der Waals surface area contributed by atoms with Crippen LogP contribution >= 0.6 is 39.3 Å². The highest BCUT2D eigenvalue weighted by atomic mass is 79.9. The molecule has 0 atom stereocenters. The van der Waals surface area contributed by atoms with E-state index < -0.39 is 0 Å². The second-order valence-electron chi connectivity index (χ2n) is 5.76. The van der Waals surface area contributed by atoms with Crippen molar-refractivity contribution in [1.29, 1.82) is 0 Å². The minimum Gasteiger partial charge on any atom is -0.493 e. The van der Waals surface area contributed by atoms with E-state index in [-0.39, 0.29) is 11.7 Å². The third-order valence-corrected chi connectivity index (χ3v) is 5.63. The van der Waals surface area contributed by atoms with Crippen LogP contribution in [-0.2, 0) is 11.8 Å². The molecule has 0 aliphatic heterocycles. The van der Waals surface area contributed by atoms with E-state index in [1.54, 1.807) is 12.1 Å². The van der Waals surface area contributed by atoms with Gasteiger partial charge in [-0.1, -0.05) is 51.4 Å². The van der Waals surface area contributed by atoms with Crippen molar-refractivity contribution in [3.05, 3.63) is 52.0 Å². The molecule has 1 amide bonds. The molecule has 0 unspecified atom stereocenters. The fourth-order valence-electron chi connectivity index (χ4n) is 2.52. The number of aromatic nitrogens is 3. The van der Waals surface area contributed by atoms with Crippen molar-refractivity contribution in [2.75, 3.05) is 17.7 Å². The van der Waals surface area contributed by atoms with Crippen LogP contribution in [-0.4, -0.2) is 33.0 Å². The summed E-state index contributed by atoms with van der Waals surface area (Å²) < 4.78 is 8.37. The maximum absolute atomic E-state index is 12.3. The minimum absolute atomic E-state index is 0.173. The lowest BCUT2D eigenvalue weighted by Gasteiger charge is -2.10. The lowest BCUT2D eigenvalue weighted by molar-refractivity contribution is -0.113. The molecule has 28 heavy (non-hydrogen) atoms. The van der Waals surface area contributed by atoms with Gasteiger partial charge in [0.05, 0.1) is 28.6 Å². The SMILES string of the molecule is CCOc1ccccc1-c1nnc(SCC(=O)Nc2ccc(Br)cc2Cl)n1C. The first-order valence-corrected chi connectivity index (χ1v) is 10.6. The van der Waals surface area contributed by atoms with Crippen LogP contribution in [0.25, 0.3) is 11.4 Å². The van der Waals surface area contributed by atoms with Gasteiger partial charge in [-0.2, -0.15) is 0 Å². The number of anilines is 1. The molecule has 1 heterocycles. The van der Waals surface area contributed by atoms with Crippen molar-refractivity contribution in [3.8, 4) is 17.1 Å². The van der Waals surface area contributed by atoms with Crippen LogP contribution in [0.15, 0.2) is 52.1 Å². The monoisotopic (exact) mass is 480 g/mol. The smallest absolute Gasteiger partial charge is 0.234 e. The number of nitrogens with one attached hydrogen (secondary N) is 1. The number of rotatable bonds is 7. The van der Waals surface area contributed by atoms with Crippen molar-refractivity contribution in [3.63, 3.8) is 0 Å². The minimum atomic E-state index is -0.173. The zero-order chi connectivity index (χ0) is 20.1. The first-order valence-electron chi connectivity index (χ1n) is 8.49. The maximum atomic E-state index is 12.3. The summed E-state index contributed by atoms with van der Waals surface area (Å²) in [5.74, 6) is 1.45. The molecule has 0 radical (unpaired) electrons. The number of thioether (sulfide) groups is 1. The number of amides is 1. The lowest BCUT2D eigenvalue weighted by atomic mass is 10.2. The van der Waals surface area contributed by atoms with E-state index in [2.05, 4.69) is 31.4 Å². The zero-order valence-electron chi connectivity index (χ0n) is 15.3. The third-order valence-electron chi connectivity index (χ3n) is 3.80. The summed E-state index contributed by atoms with van der Waals surface area (Å²) in [6, 6.07) is 13.0. The molecular formula is C19H18BrClN4O2S. The Morgan fingerprint density at radius 1 is 1.29 bits per heavy atom. The molecule has 0 saturated heterocycles. The van der Waals surface area contributed by atoms with Gasteiger partial charge in [-0.05, 0) is 37.3 Å². The molecule has 0 aliphatic rings. The van der Waals surface area contributed by atoms with Gasteiger partial charge in [-0.3, -0.25) is 4.79 Å². The average Bonchev–Trinajstić information content (AvgIpc) is 3.03. The standard InChI is InChI=1S/C19H18BrClN4O2S/c1-3-27-16-7-5-4-6-13(16)18-23-24-19(25(18)2)28-11-17(26)22-15-9-8-12(20)10-14(15)21/h4-10H,3,11H2,1-2H3,(H,22,26). The quantitative estimate of drug-likeness (QED) is 0.480. The van der Waals surface area contributed by atoms with Gasteiger partial charge >= 0.3 is 0 Å². The molecule has 3 aromatic rings. The van der Waals surface area contributed by atoms with E-state index in [0.717, 1.165) is 15.8 Å². The summed E-state index contributed by atoms with van der Waals surface area (Å²) in [5.41, 5.74) is 1.43. The first kappa shape index (κ1) is 20.7. The number of hydrogen-bond acceptors (Lipinski definition) is 5. The Morgan fingerprint density at radius 2 is 2.07 bits per heavy atom. The summed E-state index contributed by atoms with van der Waals surface area (Å²) in [6.07, 6.45) is 0. The topological polar surface area (TPSA) is 69.0 Å². The number of ether oxygens (including phenoxy) is 1. The molecule has 0 aliphatic carbocycles. The highest BCUT2D eigenvalue weighted by molar-refractivity contribution is 9.10. The molecule has 1 aromatic heterocycles. The fourth-order valence-corrected chi connectivity index (χ4v) is 3.95. The predicted octanol–water partition coefficient (Wildman–Crippen LogP) is 5.03. The Bertz CT molecular complexity index is 996. The van der Waals surface area contributed by atoms with Crippen molar-refractivity contribution in [2.24, 2.45) is 7.05 Å². The summed E-state index contributed by atoms with van der Waals surface area (Å²) >= 11 is 10.8. The molecule has 2 aromatic carbocycles. The lowest BCUT2D eigenvalue weighted by Crippen LogP contribution is -2.14. The van der Waals surface area contributed by atoms with Gasteiger partial charge in [0.2, 0.25) is 5.91 Å². The molecule has 0 saturated carbocycles. The molecule has 9 heteroatoms. The Balaban J connectivity index is 1.69. The summed E-state index contributed by atoms with van der Waals surface area (Å²) in [6.45, 7) is 2.50. The van der Waals surface area contributed by atoms with Crippen LogP contribution < -0.4 is 10.1 Å². The fraction of sp³-hybridized carbons (Fsp3) is 0.211. The second-order valence-corrected chi connectivity index (χ2v) is 8.02. The second kappa shape index (κ2) is 9.45. The van der Waals surface area contributed by atoms with E-state index in [9.17, 15) is 4.79 Å². The van der Waals surface area contributed by atoms with Crippen LogP contribution in [0.2, 0.25) is 5.02 Å². The van der Waals surface area contributed by atoms with Gasteiger partial charge in [0.1, 0.15) is 5.75 Å². The molecule has 0 bridgehead atoms. The molecular weight excluding hydrogens is 464 g/mol. The number of carbonyl (C=O) groups is 1. The molecule has 146 valence electrons. The zero-order valence-corrected chi connectivity index (χ0v) is 18.4. The summed E-state index contributed by atoms with van der Waals surface area (Å²) in [4.78, 5) is 12.3. The maximum Gasteiger partial charge on any atom is 0.234 e. The number of carbonyl (C=O) groups excluding carboxylic acids is 1. The Kier molecular flexibility index (Phi) is 6.98. The number of benzene rings is 2. The van der Waals surface area contributed by atoms with Crippen LogP contribution in [0.5, 0.6) is 5.75 Å². The molecule has 1 N–H and O–H groups in total. The van der Waals surface area contributed by atoms with Gasteiger partial charge in [0.15, 0.2) is 11.0 Å².